The van der Waals surface area contributed by atoms with Gasteiger partial charge in [-0.05, 0) is 76.9 Å². The van der Waals surface area contributed by atoms with Gasteiger partial charge < -0.3 is 13.4 Å². The van der Waals surface area contributed by atoms with Crippen LogP contribution < -0.4 is 0 Å². The van der Waals surface area contributed by atoms with Crippen molar-refractivity contribution < 1.29 is 4.42 Å². The Kier molecular flexibility index (Phi) is 6.59. The molecule has 0 unspecified atom stereocenters. The number of nitrogens with zero attached hydrogens (tertiary/aromatic N) is 5. The Morgan fingerprint density at radius 3 is 1.64 bits per heavy atom. The maximum absolute atomic E-state index is 6.64. The Morgan fingerprint density at radius 2 is 0.875 bits per heavy atom. The Hall–Kier alpha value is -8.74. The first-order valence-electron chi connectivity index (χ1n) is 21.7. The van der Waals surface area contributed by atoms with Gasteiger partial charge in [0.05, 0.1) is 49.7 Å². The van der Waals surface area contributed by atoms with Crippen molar-refractivity contribution in [1.29, 1.82) is 0 Å². The van der Waals surface area contributed by atoms with Crippen molar-refractivity contribution in [3.8, 4) is 45.1 Å². The van der Waals surface area contributed by atoms with Crippen molar-refractivity contribution in [2.24, 2.45) is 0 Å². The van der Waals surface area contributed by atoms with E-state index in [0.717, 1.165) is 61.0 Å². The molecular weight excluding hydrogens is 783 g/mol. The maximum Gasteiger partial charge on any atom is 0.238 e. The van der Waals surface area contributed by atoms with Crippen LogP contribution in [0.2, 0.25) is 0 Å². The second-order valence-electron chi connectivity index (χ2n) is 16.9. The van der Waals surface area contributed by atoms with Crippen LogP contribution in [-0.2, 0) is 0 Å². The first-order chi connectivity index (χ1) is 31.8. The van der Waals surface area contributed by atoms with Crippen LogP contribution in [0.4, 0.5) is 0 Å². The van der Waals surface area contributed by atoms with Crippen LogP contribution in [0, 0.1) is 0 Å². The molecule has 0 amide bonds. The largest absolute Gasteiger partial charge is 0.437 e. The van der Waals surface area contributed by atoms with Crippen molar-refractivity contribution in [3.63, 3.8) is 0 Å². The Balaban J connectivity index is 1.02. The number of benzene rings is 9. The Labute approximate surface area is 364 Å². The molecule has 9 aromatic carbocycles. The zero-order valence-corrected chi connectivity index (χ0v) is 34.2. The van der Waals surface area contributed by atoms with E-state index < -0.39 is 0 Å². The number of hydrogen-bond acceptors (Lipinski definition) is 3. The van der Waals surface area contributed by atoms with Crippen molar-refractivity contribution in [1.82, 2.24) is 23.5 Å². The molecule has 0 aliphatic heterocycles. The molecule has 6 heterocycles. The molecule has 0 saturated heterocycles. The average molecular weight is 816 g/mol. The van der Waals surface area contributed by atoms with Crippen molar-refractivity contribution in [3.05, 3.63) is 200 Å². The molecule has 6 aromatic heterocycles. The summed E-state index contributed by atoms with van der Waals surface area (Å²) >= 11 is 0. The molecule has 0 spiro atoms. The monoisotopic (exact) mass is 815 g/mol. The smallest absolute Gasteiger partial charge is 0.238 e. The highest BCUT2D eigenvalue weighted by Gasteiger charge is 2.29. The summed E-state index contributed by atoms with van der Waals surface area (Å²) in [6, 6.07) is 71.6. The maximum atomic E-state index is 6.64. The lowest BCUT2D eigenvalue weighted by molar-refractivity contribution is 0.651. The molecule has 0 radical (unpaired) electrons. The Bertz CT molecular complexity index is 4330. The van der Waals surface area contributed by atoms with E-state index in [0.29, 0.717) is 11.7 Å². The molecule has 15 aromatic rings. The molecule has 0 fully saturated rings. The second-order valence-corrected chi connectivity index (χ2v) is 16.9. The minimum atomic E-state index is 0.558. The van der Waals surface area contributed by atoms with E-state index in [1.165, 1.54) is 65.5 Å². The predicted molar refractivity (Wildman–Crippen MR) is 263 cm³/mol. The van der Waals surface area contributed by atoms with Crippen LogP contribution in [0.25, 0.3) is 138 Å². The van der Waals surface area contributed by atoms with Crippen LogP contribution in [-0.4, -0.2) is 23.5 Å². The number of furan rings is 1. The summed E-state index contributed by atoms with van der Waals surface area (Å²) < 4.78 is 13.8. The highest BCUT2D eigenvalue weighted by atomic mass is 16.3. The van der Waals surface area contributed by atoms with E-state index >= 15 is 0 Å². The zero-order valence-electron chi connectivity index (χ0n) is 34.2. The van der Waals surface area contributed by atoms with Gasteiger partial charge in [0.2, 0.25) is 11.7 Å². The van der Waals surface area contributed by atoms with E-state index in [2.05, 4.69) is 202 Å². The SMILES string of the molecule is c1ccc(-c2ccc(-c3ccc(-c4nc(-n5c6ccc7c8c6c6c5ccc5c9ccccc9n(c9cccc(c89)n7-c7ccccc7)c56)nc5oc6ccccc6c45)cc3)cc2)cc1. The van der Waals surface area contributed by atoms with Crippen LogP contribution in [0.15, 0.2) is 205 Å². The van der Waals surface area contributed by atoms with Gasteiger partial charge in [-0.2, -0.15) is 4.98 Å². The predicted octanol–water partition coefficient (Wildman–Crippen LogP) is 15.0. The molecule has 0 bridgehead atoms. The molecule has 0 aliphatic rings. The Morgan fingerprint density at radius 1 is 0.328 bits per heavy atom. The fourth-order valence-corrected chi connectivity index (χ4v) is 10.9. The third kappa shape index (κ3) is 4.43. The van der Waals surface area contributed by atoms with Crippen LogP contribution >= 0.6 is 0 Å². The van der Waals surface area contributed by atoms with Crippen molar-refractivity contribution in [2.45, 2.75) is 0 Å². The van der Waals surface area contributed by atoms with Crippen LogP contribution in [0.3, 0.4) is 0 Å². The fourth-order valence-electron chi connectivity index (χ4n) is 10.9. The van der Waals surface area contributed by atoms with Crippen molar-refractivity contribution >= 4 is 93.0 Å². The fraction of sp³-hybridized carbons (Fsp3) is 0. The van der Waals surface area contributed by atoms with Gasteiger partial charge in [0.25, 0.3) is 0 Å². The number of para-hydroxylation sites is 3. The lowest BCUT2D eigenvalue weighted by Gasteiger charge is -2.11. The van der Waals surface area contributed by atoms with E-state index in [1.54, 1.807) is 0 Å². The van der Waals surface area contributed by atoms with Gasteiger partial charge in [0.15, 0.2) is 0 Å². The quantitative estimate of drug-likeness (QED) is 0.174. The molecule has 64 heavy (non-hydrogen) atoms. The molecule has 296 valence electrons. The minimum absolute atomic E-state index is 0.558. The molecule has 6 heteroatoms. The number of hydrogen-bond donors (Lipinski definition) is 0. The third-order valence-corrected chi connectivity index (χ3v) is 13.6. The van der Waals surface area contributed by atoms with Gasteiger partial charge in [-0.15, -0.1) is 0 Å². The highest BCUT2D eigenvalue weighted by Crippen LogP contribution is 2.49. The molecule has 0 N–H and O–H groups in total. The summed E-state index contributed by atoms with van der Waals surface area (Å²) in [7, 11) is 0. The molecular formula is C58H33N5O. The molecule has 0 saturated carbocycles. The van der Waals surface area contributed by atoms with E-state index in [4.69, 9.17) is 14.4 Å². The van der Waals surface area contributed by atoms with Gasteiger partial charge in [-0.25, -0.2) is 4.98 Å². The molecule has 0 atom stereocenters. The van der Waals surface area contributed by atoms with Crippen LogP contribution in [0.5, 0.6) is 0 Å². The molecule has 15 rings (SSSR count). The summed E-state index contributed by atoms with van der Waals surface area (Å²) in [6.07, 6.45) is 0. The number of aromatic nitrogens is 5. The number of fused-ring (bicyclic) bond motifs is 7. The third-order valence-electron chi connectivity index (χ3n) is 13.6. The molecule has 6 nitrogen and oxygen atoms in total. The summed E-state index contributed by atoms with van der Waals surface area (Å²) in [5.41, 5.74) is 17.0. The summed E-state index contributed by atoms with van der Waals surface area (Å²) in [5.74, 6) is 0.566. The lowest BCUT2D eigenvalue weighted by atomic mass is 9.98. The summed E-state index contributed by atoms with van der Waals surface area (Å²) in [6.45, 7) is 0. The van der Waals surface area contributed by atoms with E-state index in [-0.39, 0.29) is 0 Å². The summed E-state index contributed by atoms with van der Waals surface area (Å²) in [4.78, 5) is 10.9. The van der Waals surface area contributed by atoms with Gasteiger partial charge in [-0.3, -0.25) is 4.57 Å². The topological polar surface area (TPSA) is 53.2 Å². The van der Waals surface area contributed by atoms with E-state index in [9.17, 15) is 0 Å². The van der Waals surface area contributed by atoms with Gasteiger partial charge >= 0.3 is 0 Å². The standard InChI is InChI=1S/C58H33N5O/c1-3-12-34(13-4-1)35-22-24-36(25-23-35)37-26-28-38(29-27-37)55-50-42-17-8-10-21-49(42)64-57(50)60-58(59-55)63-47-33-32-46-52-51-44(61(46)39-14-5-2-6-15-39)19-11-20-45(51)62-43-18-9-7-16-40(43)41-30-31-48(63)54(53(47)52)56(41)62/h1-33H. The first-order valence-corrected chi connectivity index (χ1v) is 21.7. The normalized spacial score (nSPS) is 12.4. The average Bonchev–Trinajstić information content (AvgIpc) is 4.08. The number of rotatable bonds is 5. The van der Waals surface area contributed by atoms with Gasteiger partial charge in [0.1, 0.15) is 5.58 Å². The van der Waals surface area contributed by atoms with Crippen molar-refractivity contribution in [2.75, 3.05) is 0 Å². The second kappa shape index (κ2) is 12.4. The lowest BCUT2D eigenvalue weighted by Crippen LogP contribution is -2.03. The first kappa shape index (κ1) is 33.9. The summed E-state index contributed by atoms with van der Waals surface area (Å²) in [5, 5.41) is 9.20. The highest BCUT2D eigenvalue weighted by molar-refractivity contribution is 6.38. The van der Waals surface area contributed by atoms with E-state index in [1.807, 2.05) is 12.1 Å². The molecule has 0 aliphatic carbocycles. The minimum Gasteiger partial charge on any atom is -0.437 e. The zero-order chi connectivity index (χ0) is 41.6. The van der Waals surface area contributed by atoms with Crippen LogP contribution in [0.1, 0.15) is 0 Å². The van der Waals surface area contributed by atoms with Gasteiger partial charge in [-0.1, -0.05) is 146 Å². The van der Waals surface area contributed by atoms with Gasteiger partial charge in [0, 0.05) is 49.0 Å².